The van der Waals surface area contributed by atoms with Crippen LogP contribution in [0.5, 0.6) is 0 Å². The van der Waals surface area contributed by atoms with Gasteiger partial charge in [-0.3, -0.25) is 9.78 Å². The molecule has 0 spiro atoms. The highest BCUT2D eigenvalue weighted by atomic mass is 16.2. The molecule has 0 radical (unpaired) electrons. The summed E-state index contributed by atoms with van der Waals surface area (Å²) in [5, 5.41) is 3.16. The molecular weight excluding hydrogens is 202 g/mol. The van der Waals surface area contributed by atoms with Gasteiger partial charge in [-0.05, 0) is 25.8 Å². The second kappa shape index (κ2) is 4.51. The van der Waals surface area contributed by atoms with E-state index < -0.39 is 0 Å². The standard InChI is InChI=1S/C12H17N3O/c1-3-14-11-8-13-7-6-10(11)12(16)15(2)9-4-5-9/h6-9,14H,3-5H2,1-2H3. The van der Waals surface area contributed by atoms with Crippen LogP contribution in [0.1, 0.15) is 30.1 Å². The van der Waals surface area contributed by atoms with Gasteiger partial charge >= 0.3 is 0 Å². The van der Waals surface area contributed by atoms with E-state index in [1.54, 1.807) is 18.5 Å². The molecular formula is C12H17N3O. The molecule has 1 amide bonds. The fourth-order valence-electron chi connectivity index (χ4n) is 1.73. The molecule has 0 atom stereocenters. The van der Waals surface area contributed by atoms with Gasteiger partial charge in [-0.1, -0.05) is 0 Å². The lowest BCUT2D eigenvalue weighted by Crippen LogP contribution is -2.29. The monoisotopic (exact) mass is 219 g/mol. The maximum Gasteiger partial charge on any atom is 0.256 e. The van der Waals surface area contributed by atoms with Crippen LogP contribution in [-0.4, -0.2) is 35.4 Å². The van der Waals surface area contributed by atoms with E-state index in [0.717, 1.165) is 25.1 Å². The van der Waals surface area contributed by atoms with E-state index >= 15 is 0 Å². The molecule has 86 valence electrons. The number of carbonyl (C=O) groups excluding carboxylic acids is 1. The van der Waals surface area contributed by atoms with Crippen LogP contribution in [-0.2, 0) is 0 Å². The van der Waals surface area contributed by atoms with Crippen LogP contribution in [0.15, 0.2) is 18.5 Å². The molecule has 16 heavy (non-hydrogen) atoms. The highest BCUT2D eigenvalue weighted by molar-refractivity contribution is 5.99. The van der Waals surface area contributed by atoms with Crippen molar-refractivity contribution in [1.29, 1.82) is 0 Å². The van der Waals surface area contributed by atoms with Crippen molar-refractivity contribution in [3.05, 3.63) is 24.0 Å². The van der Waals surface area contributed by atoms with Gasteiger partial charge in [-0.2, -0.15) is 0 Å². The van der Waals surface area contributed by atoms with Gasteiger partial charge in [0.2, 0.25) is 0 Å². The lowest BCUT2D eigenvalue weighted by atomic mass is 10.2. The minimum absolute atomic E-state index is 0.0841. The van der Waals surface area contributed by atoms with Crippen molar-refractivity contribution in [2.75, 3.05) is 18.9 Å². The van der Waals surface area contributed by atoms with E-state index in [2.05, 4.69) is 10.3 Å². The summed E-state index contributed by atoms with van der Waals surface area (Å²) < 4.78 is 0. The smallest absolute Gasteiger partial charge is 0.256 e. The number of hydrogen-bond donors (Lipinski definition) is 1. The van der Waals surface area contributed by atoms with E-state index in [9.17, 15) is 4.79 Å². The molecule has 2 rings (SSSR count). The van der Waals surface area contributed by atoms with Gasteiger partial charge in [0.05, 0.1) is 17.4 Å². The average molecular weight is 219 g/mol. The fraction of sp³-hybridized carbons (Fsp3) is 0.500. The van der Waals surface area contributed by atoms with Gasteiger partial charge in [0.15, 0.2) is 0 Å². The van der Waals surface area contributed by atoms with E-state index in [1.165, 1.54) is 0 Å². The summed E-state index contributed by atoms with van der Waals surface area (Å²) in [6.45, 7) is 2.80. The number of pyridine rings is 1. The Kier molecular flexibility index (Phi) is 3.08. The van der Waals surface area contributed by atoms with E-state index in [-0.39, 0.29) is 5.91 Å². The highest BCUT2D eigenvalue weighted by Crippen LogP contribution is 2.27. The zero-order valence-corrected chi connectivity index (χ0v) is 9.73. The van der Waals surface area contributed by atoms with Gasteiger partial charge in [0.25, 0.3) is 5.91 Å². The second-order valence-electron chi connectivity index (χ2n) is 4.10. The van der Waals surface area contributed by atoms with Crippen LogP contribution in [0.25, 0.3) is 0 Å². The molecule has 1 saturated carbocycles. The Bertz CT molecular complexity index is 388. The molecule has 0 unspecified atom stereocenters. The van der Waals surface area contributed by atoms with Crippen molar-refractivity contribution >= 4 is 11.6 Å². The minimum Gasteiger partial charge on any atom is -0.383 e. The summed E-state index contributed by atoms with van der Waals surface area (Å²) >= 11 is 0. The quantitative estimate of drug-likeness (QED) is 0.839. The van der Waals surface area contributed by atoms with Crippen molar-refractivity contribution in [3.63, 3.8) is 0 Å². The zero-order valence-electron chi connectivity index (χ0n) is 9.73. The van der Waals surface area contributed by atoms with Crippen molar-refractivity contribution in [2.45, 2.75) is 25.8 Å². The minimum atomic E-state index is 0.0841. The van der Waals surface area contributed by atoms with Crippen LogP contribution >= 0.6 is 0 Å². The van der Waals surface area contributed by atoms with Crippen LogP contribution in [0.3, 0.4) is 0 Å². The van der Waals surface area contributed by atoms with Crippen LogP contribution < -0.4 is 5.32 Å². The molecule has 1 N–H and O–H groups in total. The molecule has 1 aromatic heterocycles. The molecule has 1 aromatic rings. The fourth-order valence-corrected chi connectivity index (χ4v) is 1.73. The summed E-state index contributed by atoms with van der Waals surface area (Å²) in [6, 6.07) is 2.22. The van der Waals surface area contributed by atoms with Gasteiger partial charge in [0.1, 0.15) is 0 Å². The molecule has 0 bridgehead atoms. The molecule has 1 aliphatic rings. The lowest BCUT2D eigenvalue weighted by molar-refractivity contribution is 0.0786. The molecule has 0 aliphatic heterocycles. The van der Waals surface area contributed by atoms with Crippen LogP contribution in [0, 0.1) is 0 Å². The lowest BCUT2D eigenvalue weighted by Gasteiger charge is -2.18. The third-order valence-electron chi connectivity index (χ3n) is 2.83. The molecule has 0 aromatic carbocycles. The number of amides is 1. The molecule has 0 saturated heterocycles. The third-order valence-corrected chi connectivity index (χ3v) is 2.83. The zero-order chi connectivity index (χ0) is 11.5. The Balaban J connectivity index is 2.20. The molecule has 4 nitrogen and oxygen atoms in total. The Morgan fingerprint density at radius 3 is 3.00 bits per heavy atom. The van der Waals surface area contributed by atoms with Crippen molar-refractivity contribution in [3.8, 4) is 0 Å². The summed E-state index contributed by atoms with van der Waals surface area (Å²) in [6.07, 6.45) is 5.63. The van der Waals surface area contributed by atoms with Gasteiger partial charge in [-0.25, -0.2) is 0 Å². The first-order valence-electron chi connectivity index (χ1n) is 5.69. The summed E-state index contributed by atoms with van der Waals surface area (Å²) in [5.74, 6) is 0.0841. The maximum atomic E-state index is 12.2. The average Bonchev–Trinajstić information content (AvgIpc) is 3.12. The van der Waals surface area contributed by atoms with E-state index in [4.69, 9.17) is 0 Å². The van der Waals surface area contributed by atoms with E-state index in [0.29, 0.717) is 11.6 Å². The number of rotatable bonds is 4. The van der Waals surface area contributed by atoms with Gasteiger partial charge < -0.3 is 10.2 Å². The Morgan fingerprint density at radius 1 is 1.62 bits per heavy atom. The Morgan fingerprint density at radius 2 is 2.38 bits per heavy atom. The third kappa shape index (κ3) is 2.15. The molecule has 4 heteroatoms. The predicted octanol–water partition coefficient (Wildman–Crippen LogP) is 1.75. The number of anilines is 1. The molecule has 1 heterocycles. The summed E-state index contributed by atoms with van der Waals surface area (Å²) in [4.78, 5) is 18.0. The normalized spacial score (nSPS) is 14.6. The first-order valence-corrected chi connectivity index (χ1v) is 5.69. The van der Waals surface area contributed by atoms with Crippen molar-refractivity contribution in [1.82, 2.24) is 9.88 Å². The number of nitrogens with zero attached hydrogens (tertiary/aromatic N) is 2. The SMILES string of the molecule is CCNc1cnccc1C(=O)N(C)C1CC1. The Hall–Kier alpha value is -1.58. The van der Waals surface area contributed by atoms with E-state index in [1.807, 2.05) is 18.9 Å². The molecule has 1 aliphatic carbocycles. The first-order chi connectivity index (χ1) is 7.74. The van der Waals surface area contributed by atoms with Gasteiger partial charge in [-0.15, -0.1) is 0 Å². The largest absolute Gasteiger partial charge is 0.383 e. The molecule has 1 fully saturated rings. The van der Waals surface area contributed by atoms with Crippen LogP contribution in [0.2, 0.25) is 0 Å². The maximum absolute atomic E-state index is 12.2. The highest BCUT2D eigenvalue weighted by Gasteiger charge is 2.30. The number of aromatic nitrogens is 1. The van der Waals surface area contributed by atoms with Crippen molar-refractivity contribution < 1.29 is 4.79 Å². The summed E-state index contributed by atoms with van der Waals surface area (Å²) in [7, 11) is 1.87. The predicted molar refractivity (Wildman–Crippen MR) is 63.5 cm³/mol. The van der Waals surface area contributed by atoms with Gasteiger partial charge in [0, 0.05) is 25.8 Å². The summed E-state index contributed by atoms with van der Waals surface area (Å²) in [5.41, 5.74) is 1.54. The second-order valence-corrected chi connectivity index (χ2v) is 4.10. The number of nitrogens with one attached hydrogen (secondary N) is 1. The van der Waals surface area contributed by atoms with Crippen LogP contribution in [0.4, 0.5) is 5.69 Å². The van der Waals surface area contributed by atoms with Crippen molar-refractivity contribution in [2.24, 2.45) is 0 Å². The number of hydrogen-bond acceptors (Lipinski definition) is 3. The Labute approximate surface area is 95.7 Å². The first kappa shape index (κ1) is 10.9. The topological polar surface area (TPSA) is 45.2 Å². The number of carbonyl (C=O) groups is 1.